The lowest BCUT2D eigenvalue weighted by Crippen LogP contribution is -2.33. The first-order chi connectivity index (χ1) is 11.3. The topological polar surface area (TPSA) is 18.5 Å². The van der Waals surface area contributed by atoms with E-state index >= 15 is 0 Å². The summed E-state index contributed by atoms with van der Waals surface area (Å²) in [5, 5.41) is 0. The lowest BCUT2D eigenvalue weighted by atomic mass is 9.33. The summed E-state index contributed by atoms with van der Waals surface area (Å²) in [4.78, 5) is 0. The van der Waals surface area contributed by atoms with E-state index in [9.17, 15) is 0 Å². The standard InChI is InChI=1S/C20H33BO2/c1-4-21(5-2)19-14-10-9-13-18(19)20(23-16-15-22-3)17-11-7-6-8-12-17/h6-8,11-12,18-20H,4-5,9-10,13-16H2,1-3H3/t18-,19-,20-/m0/s1. The van der Waals surface area contributed by atoms with Crippen molar-refractivity contribution in [3.63, 3.8) is 0 Å². The molecule has 0 N–H and O–H groups in total. The average molecular weight is 316 g/mol. The van der Waals surface area contributed by atoms with Crippen molar-refractivity contribution in [2.45, 2.75) is 64.1 Å². The van der Waals surface area contributed by atoms with Crippen LogP contribution in [0.1, 0.15) is 51.2 Å². The third-order valence-electron chi connectivity index (χ3n) is 5.63. The van der Waals surface area contributed by atoms with Crippen LogP contribution in [-0.2, 0) is 9.47 Å². The molecule has 3 heteroatoms. The number of hydrogen-bond donors (Lipinski definition) is 0. The van der Waals surface area contributed by atoms with Gasteiger partial charge >= 0.3 is 0 Å². The molecule has 1 aliphatic rings. The molecule has 0 radical (unpaired) electrons. The van der Waals surface area contributed by atoms with Gasteiger partial charge in [0.05, 0.1) is 19.3 Å². The molecule has 1 saturated carbocycles. The molecule has 0 aromatic heterocycles. The minimum atomic E-state index is 0.220. The second-order valence-electron chi connectivity index (χ2n) is 6.88. The highest BCUT2D eigenvalue weighted by atomic mass is 16.5. The van der Waals surface area contributed by atoms with Crippen LogP contribution in [0.4, 0.5) is 0 Å². The van der Waals surface area contributed by atoms with Crippen molar-refractivity contribution in [3.8, 4) is 0 Å². The lowest BCUT2D eigenvalue weighted by molar-refractivity contribution is -0.0240. The van der Waals surface area contributed by atoms with Crippen LogP contribution >= 0.6 is 0 Å². The molecule has 3 atom stereocenters. The summed E-state index contributed by atoms with van der Waals surface area (Å²) in [5.74, 6) is 1.44. The molecule has 1 aromatic carbocycles. The molecule has 1 fully saturated rings. The first-order valence-electron chi connectivity index (χ1n) is 9.47. The Morgan fingerprint density at radius 1 is 1.04 bits per heavy atom. The van der Waals surface area contributed by atoms with Crippen molar-refractivity contribution in [1.29, 1.82) is 0 Å². The van der Waals surface area contributed by atoms with Crippen LogP contribution in [0.2, 0.25) is 18.5 Å². The highest BCUT2D eigenvalue weighted by Gasteiger charge is 2.37. The summed E-state index contributed by atoms with van der Waals surface area (Å²) >= 11 is 0. The molecule has 2 nitrogen and oxygen atoms in total. The molecule has 2 rings (SSSR count). The fraction of sp³-hybridized carbons (Fsp3) is 0.700. The third-order valence-corrected chi connectivity index (χ3v) is 5.63. The fourth-order valence-corrected chi connectivity index (χ4v) is 4.41. The van der Waals surface area contributed by atoms with E-state index in [1.807, 2.05) is 0 Å². The van der Waals surface area contributed by atoms with E-state index in [1.165, 1.54) is 43.9 Å². The summed E-state index contributed by atoms with van der Waals surface area (Å²) in [6, 6.07) is 10.8. The Morgan fingerprint density at radius 2 is 1.74 bits per heavy atom. The Kier molecular flexibility index (Phi) is 8.18. The van der Waals surface area contributed by atoms with E-state index in [4.69, 9.17) is 9.47 Å². The molecule has 128 valence electrons. The van der Waals surface area contributed by atoms with Crippen molar-refractivity contribution >= 4 is 6.71 Å². The highest BCUT2D eigenvalue weighted by molar-refractivity contribution is 6.60. The molecule has 0 spiro atoms. The Balaban J connectivity index is 2.20. The van der Waals surface area contributed by atoms with Gasteiger partial charge in [-0.2, -0.15) is 0 Å². The van der Waals surface area contributed by atoms with Crippen molar-refractivity contribution in [2.75, 3.05) is 20.3 Å². The van der Waals surface area contributed by atoms with Gasteiger partial charge in [0.15, 0.2) is 0 Å². The number of methoxy groups -OCH3 is 1. The zero-order chi connectivity index (χ0) is 16.5. The Hall–Kier alpha value is -0.795. The molecular weight excluding hydrogens is 283 g/mol. The molecule has 0 bridgehead atoms. The van der Waals surface area contributed by atoms with E-state index in [-0.39, 0.29) is 6.10 Å². The van der Waals surface area contributed by atoms with Crippen LogP contribution in [0, 0.1) is 5.92 Å². The predicted octanol–water partition coefficient (Wildman–Crippen LogP) is 5.49. The van der Waals surface area contributed by atoms with Crippen LogP contribution < -0.4 is 0 Å². The largest absolute Gasteiger partial charge is 0.382 e. The normalized spacial score (nSPS) is 22.7. The van der Waals surface area contributed by atoms with Gasteiger partial charge in [0.2, 0.25) is 0 Å². The quantitative estimate of drug-likeness (QED) is 0.443. The number of benzene rings is 1. The van der Waals surface area contributed by atoms with Gasteiger partial charge in [-0.25, -0.2) is 0 Å². The minimum Gasteiger partial charge on any atom is -0.382 e. The van der Waals surface area contributed by atoms with Gasteiger partial charge in [0, 0.05) is 7.11 Å². The van der Waals surface area contributed by atoms with Gasteiger partial charge in [-0.05, 0) is 17.9 Å². The summed E-state index contributed by atoms with van der Waals surface area (Å²) in [6.45, 7) is 6.89. The smallest absolute Gasteiger partial charge is 0.143 e. The second-order valence-corrected chi connectivity index (χ2v) is 6.88. The maximum atomic E-state index is 6.35. The summed E-state index contributed by atoms with van der Waals surface area (Å²) in [6.07, 6.45) is 8.20. The Bertz CT molecular complexity index is 419. The second kappa shape index (κ2) is 10.1. The molecule has 0 heterocycles. The molecule has 0 unspecified atom stereocenters. The van der Waals surface area contributed by atoms with Crippen LogP contribution in [0.3, 0.4) is 0 Å². The lowest BCUT2D eigenvalue weighted by Gasteiger charge is -2.40. The van der Waals surface area contributed by atoms with Crippen molar-refractivity contribution in [2.24, 2.45) is 5.92 Å². The van der Waals surface area contributed by atoms with Crippen molar-refractivity contribution in [3.05, 3.63) is 35.9 Å². The van der Waals surface area contributed by atoms with E-state index in [0.29, 0.717) is 19.1 Å². The molecule has 1 aromatic rings. The van der Waals surface area contributed by atoms with Crippen LogP contribution in [0.5, 0.6) is 0 Å². The third kappa shape index (κ3) is 5.09. The summed E-state index contributed by atoms with van der Waals surface area (Å²) in [7, 11) is 1.74. The van der Waals surface area contributed by atoms with E-state index < -0.39 is 0 Å². The van der Waals surface area contributed by atoms with E-state index in [1.54, 1.807) is 7.11 Å². The van der Waals surface area contributed by atoms with E-state index in [2.05, 4.69) is 44.2 Å². The zero-order valence-electron chi connectivity index (χ0n) is 15.2. The summed E-state index contributed by atoms with van der Waals surface area (Å²) in [5.41, 5.74) is 1.34. The Labute approximate surface area is 143 Å². The fourth-order valence-electron chi connectivity index (χ4n) is 4.41. The van der Waals surface area contributed by atoms with Crippen LogP contribution in [0.15, 0.2) is 30.3 Å². The van der Waals surface area contributed by atoms with Gasteiger partial charge in [-0.3, -0.25) is 0 Å². The molecule has 0 aliphatic heterocycles. The maximum absolute atomic E-state index is 6.35. The van der Waals surface area contributed by atoms with Crippen LogP contribution in [0.25, 0.3) is 0 Å². The highest BCUT2D eigenvalue weighted by Crippen LogP contribution is 2.46. The van der Waals surface area contributed by atoms with Crippen LogP contribution in [-0.4, -0.2) is 27.0 Å². The molecule has 0 amide bonds. The maximum Gasteiger partial charge on any atom is 0.143 e. The number of rotatable bonds is 9. The van der Waals surface area contributed by atoms with Gasteiger partial charge in [0.25, 0.3) is 0 Å². The first-order valence-corrected chi connectivity index (χ1v) is 9.47. The average Bonchev–Trinajstić information content (AvgIpc) is 2.61. The predicted molar refractivity (Wildman–Crippen MR) is 99.4 cm³/mol. The Morgan fingerprint density at radius 3 is 2.39 bits per heavy atom. The van der Waals surface area contributed by atoms with Gasteiger partial charge in [-0.15, -0.1) is 0 Å². The molecule has 1 aliphatic carbocycles. The molecular formula is C20H33BO2. The zero-order valence-corrected chi connectivity index (χ0v) is 15.2. The number of hydrogen-bond acceptors (Lipinski definition) is 2. The first kappa shape index (κ1) is 18.5. The molecule has 23 heavy (non-hydrogen) atoms. The monoisotopic (exact) mass is 316 g/mol. The van der Waals surface area contributed by atoms with Gasteiger partial charge < -0.3 is 9.47 Å². The molecule has 0 saturated heterocycles. The minimum absolute atomic E-state index is 0.220. The van der Waals surface area contributed by atoms with Gasteiger partial charge in [-0.1, -0.05) is 81.9 Å². The summed E-state index contributed by atoms with van der Waals surface area (Å²) < 4.78 is 11.6. The van der Waals surface area contributed by atoms with Crippen molar-refractivity contribution in [1.82, 2.24) is 0 Å². The van der Waals surface area contributed by atoms with Gasteiger partial charge in [0.1, 0.15) is 6.71 Å². The number of ether oxygens (including phenoxy) is 2. The van der Waals surface area contributed by atoms with Crippen molar-refractivity contribution < 1.29 is 9.47 Å². The van der Waals surface area contributed by atoms with E-state index in [0.717, 1.165) is 12.5 Å². The SMILES string of the molecule is CCB(CC)[C@H]1CCCC[C@@H]1[C@@H](OCCOC)c1ccccc1.